The minimum absolute atomic E-state index is 0.0812. The average molecular weight is 494 g/mol. The molecule has 0 fully saturated rings. The summed E-state index contributed by atoms with van der Waals surface area (Å²) in [7, 11) is 0. The van der Waals surface area contributed by atoms with Gasteiger partial charge >= 0.3 is 6.09 Å². The Morgan fingerprint density at radius 2 is 1.71 bits per heavy atom. The monoisotopic (exact) mass is 493 g/mol. The summed E-state index contributed by atoms with van der Waals surface area (Å²) in [4.78, 5) is 41.1. The van der Waals surface area contributed by atoms with Gasteiger partial charge in [-0.2, -0.15) is 12.6 Å². The molecule has 2 atom stereocenters. The second-order valence-electron chi connectivity index (χ2n) is 9.66. The lowest BCUT2D eigenvalue weighted by molar-refractivity contribution is -0.142. The smallest absolute Gasteiger partial charge is 0.408 e. The van der Waals surface area contributed by atoms with Gasteiger partial charge < -0.3 is 20.3 Å². The van der Waals surface area contributed by atoms with Crippen LogP contribution in [0.3, 0.4) is 0 Å². The van der Waals surface area contributed by atoms with Gasteiger partial charge in [-0.1, -0.05) is 44.9 Å². The Balaban J connectivity index is 3.36. The maximum Gasteiger partial charge on any atom is 0.408 e. The normalized spacial score (nSPS) is 13.1. The van der Waals surface area contributed by atoms with Gasteiger partial charge in [0.25, 0.3) is 0 Å². The third-order valence-corrected chi connectivity index (χ3v) is 5.81. The average Bonchev–Trinajstić information content (AvgIpc) is 2.75. The van der Waals surface area contributed by atoms with Gasteiger partial charge in [-0.25, -0.2) is 4.79 Å². The second kappa shape index (κ2) is 14.2. The fraction of sp³-hybridized carbons (Fsp3) is 0.654. The molecule has 0 saturated carbocycles. The van der Waals surface area contributed by atoms with Crippen LogP contribution in [0.2, 0.25) is 0 Å². The molecular weight excluding hydrogens is 450 g/mol. The van der Waals surface area contributed by atoms with Gasteiger partial charge in [0.1, 0.15) is 17.7 Å². The molecule has 7 nitrogen and oxygen atoms in total. The number of ether oxygens (including phenoxy) is 1. The van der Waals surface area contributed by atoms with Crippen LogP contribution in [0.5, 0.6) is 0 Å². The fourth-order valence-electron chi connectivity index (χ4n) is 3.42. The van der Waals surface area contributed by atoms with Crippen molar-refractivity contribution in [2.24, 2.45) is 0 Å². The highest BCUT2D eigenvalue weighted by Gasteiger charge is 2.35. The van der Waals surface area contributed by atoms with Crippen molar-refractivity contribution in [1.82, 2.24) is 15.5 Å². The van der Waals surface area contributed by atoms with E-state index in [1.54, 1.807) is 25.7 Å². The number of thiol groups is 1. The predicted octanol–water partition coefficient (Wildman–Crippen LogP) is 4.71. The highest BCUT2D eigenvalue weighted by atomic mass is 32.1. The van der Waals surface area contributed by atoms with Gasteiger partial charge in [0.2, 0.25) is 11.8 Å². The molecule has 1 rings (SSSR count). The van der Waals surface area contributed by atoms with E-state index in [-0.39, 0.29) is 17.6 Å². The molecule has 0 spiro atoms. The lowest BCUT2D eigenvalue weighted by atomic mass is 9.98. The van der Waals surface area contributed by atoms with Crippen LogP contribution in [0.15, 0.2) is 18.2 Å². The number of rotatable bonds is 12. The zero-order chi connectivity index (χ0) is 25.9. The molecule has 0 radical (unpaired) electrons. The summed E-state index contributed by atoms with van der Waals surface area (Å²) in [6.45, 7) is 14.3. The third kappa shape index (κ3) is 9.57. The number of benzene rings is 1. The summed E-state index contributed by atoms with van der Waals surface area (Å²) in [5.74, 6) is -0.503. The molecule has 0 heterocycles. The van der Waals surface area contributed by atoms with E-state index in [2.05, 4.69) is 30.2 Å². The van der Waals surface area contributed by atoms with Gasteiger partial charge in [-0.15, -0.1) is 0 Å². The van der Waals surface area contributed by atoms with E-state index in [4.69, 9.17) is 4.74 Å². The summed E-state index contributed by atoms with van der Waals surface area (Å²) in [5.41, 5.74) is 2.21. The first kappa shape index (κ1) is 29.8. The van der Waals surface area contributed by atoms with Crippen LogP contribution in [0.4, 0.5) is 4.79 Å². The zero-order valence-corrected chi connectivity index (χ0v) is 22.8. The van der Waals surface area contributed by atoms with Crippen LogP contribution < -0.4 is 10.6 Å². The first-order valence-corrected chi connectivity index (χ1v) is 12.8. The zero-order valence-electron chi connectivity index (χ0n) is 21.9. The van der Waals surface area contributed by atoms with Gasteiger partial charge in [-0.3, -0.25) is 9.59 Å². The molecule has 34 heavy (non-hydrogen) atoms. The minimum atomic E-state index is -0.924. The van der Waals surface area contributed by atoms with Crippen LogP contribution in [0, 0.1) is 13.8 Å². The number of alkyl carbamates (subject to hydrolysis) is 1. The molecule has 0 aliphatic rings. The number of carbonyl (C=O) groups excluding carboxylic acids is 3. The van der Waals surface area contributed by atoms with E-state index in [9.17, 15) is 14.4 Å². The summed E-state index contributed by atoms with van der Waals surface area (Å²) in [6.07, 6.45) is 2.69. The van der Waals surface area contributed by atoms with Crippen molar-refractivity contribution in [3.8, 4) is 0 Å². The maximum atomic E-state index is 13.7. The van der Waals surface area contributed by atoms with Crippen molar-refractivity contribution in [2.45, 2.75) is 91.8 Å². The van der Waals surface area contributed by atoms with Gasteiger partial charge in [0.05, 0.1) is 0 Å². The van der Waals surface area contributed by atoms with Crippen molar-refractivity contribution in [2.75, 3.05) is 18.8 Å². The van der Waals surface area contributed by atoms with E-state index >= 15 is 0 Å². The SMILES string of the molecule is CCCCNC(=O)C(c1ccc(C)c(C)c1)N(CCCC)C(=O)C(CS)NC(=O)OC(C)(C)C. The lowest BCUT2D eigenvalue weighted by Crippen LogP contribution is -2.54. The van der Waals surface area contributed by atoms with Crippen molar-refractivity contribution in [3.05, 3.63) is 34.9 Å². The number of unbranched alkanes of at least 4 members (excludes halogenated alkanes) is 2. The summed E-state index contributed by atoms with van der Waals surface area (Å²) in [5, 5.41) is 5.63. The Labute approximate surface area is 210 Å². The van der Waals surface area contributed by atoms with Crippen molar-refractivity contribution < 1.29 is 19.1 Å². The Hall–Kier alpha value is -2.22. The topological polar surface area (TPSA) is 87.7 Å². The first-order valence-electron chi connectivity index (χ1n) is 12.2. The Morgan fingerprint density at radius 3 is 2.24 bits per heavy atom. The van der Waals surface area contributed by atoms with E-state index in [0.717, 1.165) is 42.4 Å². The molecule has 192 valence electrons. The van der Waals surface area contributed by atoms with Crippen LogP contribution in [-0.2, 0) is 14.3 Å². The first-order chi connectivity index (χ1) is 15.9. The van der Waals surface area contributed by atoms with E-state index in [0.29, 0.717) is 13.1 Å². The second-order valence-corrected chi connectivity index (χ2v) is 10.0. The Bertz CT molecular complexity index is 823. The standard InChI is InChI=1S/C26H43N3O4S/c1-8-10-14-27-23(30)22(20-13-12-18(3)19(4)16-20)29(15-11-9-2)24(31)21(17-34)28-25(32)33-26(5,6)7/h12-13,16,21-22,34H,8-11,14-15,17H2,1-7H3,(H,27,30)(H,28,32). The molecule has 0 bridgehead atoms. The minimum Gasteiger partial charge on any atom is -0.444 e. The summed E-state index contributed by atoms with van der Waals surface area (Å²) < 4.78 is 5.33. The highest BCUT2D eigenvalue weighted by molar-refractivity contribution is 7.80. The number of hydrogen-bond donors (Lipinski definition) is 3. The molecular formula is C26H43N3O4S. The molecule has 2 N–H and O–H groups in total. The van der Waals surface area contributed by atoms with E-state index in [1.165, 1.54) is 0 Å². The number of carbonyl (C=O) groups is 3. The van der Waals surface area contributed by atoms with E-state index in [1.807, 2.05) is 39.0 Å². The lowest BCUT2D eigenvalue weighted by Gasteiger charge is -2.34. The molecule has 3 amide bonds. The molecule has 1 aromatic rings. The van der Waals surface area contributed by atoms with E-state index < -0.39 is 23.8 Å². The quantitative estimate of drug-likeness (QED) is 0.291. The maximum absolute atomic E-state index is 13.7. The van der Waals surface area contributed by atoms with Crippen molar-refractivity contribution >= 4 is 30.5 Å². The number of nitrogens with one attached hydrogen (secondary N) is 2. The molecule has 0 aliphatic heterocycles. The van der Waals surface area contributed by atoms with Crippen LogP contribution in [-0.4, -0.2) is 53.3 Å². The van der Waals surface area contributed by atoms with Crippen LogP contribution >= 0.6 is 12.6 Å². The van der Waals surface area contributed by atoms with Gasteiger partial charge in [0.15, 0.2) is 0 Å². The number of hydrogen-bond acceptors (Lipinski definition) is 5. The molecule has 2 unspecified atom stereocenters. The predicted molar refractivity (Wildman–Crippen MR) is 140 cm³/mol. The van der Waals surface area contributed by atoms with Gasteiger partial charge in [-0.05, 0) is 64.2 Å². The van der Waals surface area contributed by atoms with Crippen LogP contribution in [0.1, 0.15) is 83.0 Å². The van der Waals surface area contributed by atoms with Crippen molar-refractivity contribution in [1.29, 1.82) is 0 Å². The summed E-state index contributed by atoms with van der Waals surface area (Å²) >= 11 is 4.31. The largest absolute Gasteiger partial charge is 0.444 e. The fourth-order valence-corrected chi connectivity index (χ4v) is 3.67. The highest BCUT2D eigenvalue weighted by Crippen LogP contribution is 2.25. The molecule has 0 saturated heterocycles. The Kier molecular flexibility index (Phi) is 12.5. The number of aryl methyl sites for hydroxylation is 2. The molecule has 1 aromatic carbocycles. The summed E-state index contributed by atoms with van der Waals surface area (Å²) in [6, 6.07) is 4.10. The molecule has 8 heteroatoms. The number of nitrogens with zero attached hydrogens (tertiary/aromatic N) is 1. The molecule has 0 aromatic heterocycles. The third-order valence-electron chi connectivity index (χ3n) is 5.44. The molecule has 0 aliphatic carbocycles. The number of amides is 3. The van der Waals surface area contributed by atoms with Gasteiger partial charge in [0, 0.05) is 18.8 Å². The Morgan fingerprint density at radius 1 is 1.06 bits per heavy atom. The van der Waals surface area contributed by atoms with Crippen LogP contribution in [0.25, 0.3) is 0 Å². The van der Waals surface area contributed by atoms with Crippen molar-refractivity contribution in [3.63, 3.8) is 0 Å².